The van der Waals surface area contributed by atoms with Crippen molar-refractivity contribution in [3.8, 4) is 0 Å². The Hall–Kier alpha value is -1.62. The molecule has 2 atom stereocenters. The molecule has 4 heteroatoms. The highest BCUT2D eigenvalue weighted by Gasteiger charge is 2.35. The number of rotatable bonds is 3. The molecule has 1 aromatic heterocycles. The largest absolute Gasteiger partial charge is 0.387 e. The van der Waals surface area contributed by atoms with Crippen LogP contribution >= 0.6 is 15.9 Å². The SMILES string of the molecule is Cc1ccc2c(c1)c1c3n2CCN(C[C@@H](O)c2ccc(Br)cc2)[C@@H]3CCC1. The van der Waals surface area contributed by atoms with E-state index in [1.54, 1.807) is 5.56 Å². The lowest BCUT2D eigenvalue weighted by molar-refractivity contribution is 0.0639. The van der Waals surface area contributed by atoms with Gasteiger partial charge >= 0.3 is 0 Å². The summed E-state index contributed by atoms with van der Waals surface area (Å²) in [4.78, 5) is 2.51. The van der Waals surface area contributed by atoms with Crippen molar-refractivity contribution in [2.75, 3.05) is 13.1 Å². The van der Waals surface area contributed by atoms with Gasteiger partial charge in [0.1, 0.15) is 0 Å². The third-order valence-electron chi connectivity index (χ3n) is 6.30. The van der Waals surface area contributed by atoms with Crippen LogP contribution in [0.15, 0.2) is 46.9 Å². The second kappa shape index (κ2) is 6.77. The Morgan fingerprint density at radius 1 is 1.15 bits per heavy atom. The molecule has 2 heterocycles. The lowest BCUT2D eigenvalue weighted by Crippen LogP contribution is -2.41. The Morgan fingerprint density at radius 3 is 2.78 bits per heavy atom. The maximum Gasteiger partial charge on any atom is 0.0917 e. The van der Waals surface area contributed by atoms with Gasteiger partial charge in [0, 0.05) is 40.7 Å². The van der Waals surface area contributed by atoms with Crippen LogP contribution in [0.4, 0.5) is 0 Å². The molecule has 2 aromatic carbocycles. The molecular weight excluding hydrogens is 400 g/mol. The number of aliphatic hydroxyl groups excluding tert-OH is 1. The summed E-state index contributed by atoms with van der Waals surface area (Å²) in [7, 11) is 0. The van der Waals surface area contributed by atoms with E-state index in [4.69, 9.17) is 0 Å². The Labute approximate surface area is 168 Å². The van der Waals surface area contributed by atoms with Crippen molar-refractivity contribution in [3.05, 3.63) is 69.3 Å². The standard InChI is InChI=1S/C23H25BrN2O/c1-15-5-10-20-19(13-15)18-3-2-4-21-23(18)26(20)12-11-25(21)14-22(27)16-6-8-17(24)9-7-16/h5-10,13,21-22,27H,2-4,11-12,14H2,1H3/t21-,22-/m1/s1. The Bertz CT molecular complexity index is 992. The molecule has 0 saturated carbocycles. The lowest BCUT2D eigenvalue weighted by Gasteiger charge is -2.40. The summed E-state index contributed by atoms with van der Waals surface area (Å²) in [5.74, 6) is 0. The van der Waals surface area contributed by atoms with Gasteiger partial charge in [0.05, 0.1) is 12.1 Å². The maximum absolute atomic E-state index is 10.8. The number of hydrogen-bond acceptors (Lipinski definition) is 2. The molecule has 0 spiro atoms. The second-order valence-electron chi connectivity index (χ2n) is 8.01. The van der Waals surface area contributed by atoms with Crippen molar-refractivity contribution in [1.29, 1.82) is 0 Å². The molecule has 0 bridgehead atoms. The van der Waals surface area contributed by atoms with Crippen LogP contribution in [0.3, 0.4) is 0 Å². The summed E-state index contributed by atoms with van der Waals surface area (Å²) in [6.07, 6.45) is 3.16. The van der Waals surface area contributed by atoms with E-state index >= 15 is 0 Å². The van der Waals surface area contributed by atoms with Gasteiger partial charge in [0.25, 0.3) is 0 Å². The second-order valence-corrected chi connectivity index (χ2v) is 8.92. The molecule has 27 heavy (non-hydrogen) atoms. The first-order chi connectivity index (χ1) is 13.1. The van der Waals surface area contributed by atoms with Gasteiger partial charge < -0.3 is 9.67 Å². The lowest BCUT2D eigenvalue weighted by atomic mass is 9.89. The molecule has 140 valence electrons. The average Bonchev–Trinajstić information content (AvgIpc) is 2.99. The molecule has 5 rings (SSSR count). The third-order valence-corrected chi connectivity index (χ3v) is 6.83. The van der Waals surface area contributed by atoms with Crippen molar-refractivity contribution in [1.82, 2.24) is 9.47 Å². The molecule has 3 aromatic rings. The van der Waals surface area contributed by atoms with Crippen LogP contribution in [-0.4, -0.2) is 27.7 Å². The number of aliphatic hydroxyl groups is 1. The molecule has 0 saturated heterocycles. The highest BCUT2D eigenvalue weighted by Crippen LogP contribution is 2.43. The summed E-state index contributed by atoms with van der Waals surface area (Å²) in [5, 5.41) is 12.3. The molecule has 3 nitrogen and oxygen atoms in total. The van der Waals surface area contributed by atoms with Crippen molar-refractivity contribution in [3.63, 3.8) is 0 Å². The fraction of sp³-hybridized carbons (Fsp3) is 0.391. The molecule has 1 N–H and O–H groups in total. The number of nitrogens with zero attached hydrogens (tertiary/aromatic N) is 2. The van der Waals surface area contributed by atoms with Gasteiger partial charge in [0.15, 0.2) is 0 Å². The monoisotopic (exact) mass is 424 g/mol. The van der Waals surface area contributed by atoms with Gasteiger partial charge in [-0.3, -0.25) is 4.90 Å². The Balaban J connectivity index is 1.49. The van der Waals surface area contributed by atoms with Gasteiger partial charge in [-0.2, -0.15) is 0 Å². The van der Waals surface area contributed by atoms with Gasteiger partial charge in [0.2, 0.25) is 0 Å². The van der Waals surface area contributed by atoms with Crippen LogP contribution in [0.1, 0.15) is 47.4 Å². The number of aryl methyl sites for hydroxylation is 2. The van der Waals surface area contributed by atoms with Crippen LogP contribution in [0.2, 0.25) is 0 Å². The number of aromatic nitrogens is 1. The summed E-state index contributed by atoms with van der Waals surface area (Å²) >= 11 is 3.47. The van der Waals surface area contributed by atoms with Crippen LogP contribution in [-0.2, 0) is 13.0 Å². The summed E-state index contributed by atoms with van der Waals surface area (Å²) in [6, 6.07) is 15.4. The Morgan fingerprint density at radius 2 is 1.96 bits per heavy atom. The van der Waals surface area contributed by atoms with E-state index in [1.165, 1.54) is 41.4 Å². The van der Waals surface area contributed by atoms with Crippen LogP contribution in [0.5, 0.6) is 0 Å². The molecule has 0 radical (unpaired) electrons. The van der Waals surface area contributed by atoms with Gasteiger partial charge in [-0.05, 0) is 61.6 Å². The fourth-order valence-corrected chi connectivity index (χ4v) is 5.29. The van der Waals surface area contributed by atoms with Crippen LogP contribution < -0.4 is 0 Å². The third kappa shape index (κ3) is 2.95. The zero-order chi connectivity index (χ0) is 18.5. The van der Waals surface area contributed by atoms with Crippen molar-refractivity contribution >= 4 is 26.8 Å². The zero-order valence-corrected chi connectivity index (χ0v) is 17.2. The van der Waals surface area contributed by atoms with E-state index < -0.39 is 6.10 Å². The number of hydrogen-bond donors (Lipinski definition) is 1. The first kappa shape index (κ1) is 17.5. The van der Waals surface area contributed by atoms with Crippen LogP contribution in [0.25, 0.3) is 10.9 Å². The summed E-state index contributed by atoms with van der Waals surface area (Å²) in [6.45, 7) is 4.90. The van der Waals surface area contributed by atoms with Gasteiger partial charge in [-0.15, -0.1) is 0 Å². The number of β-amino-alcohol motifs (C(OH)–C–C–N with tert-alkyl or cyclic N) is 1. The molecule has 1 aliphatic heterocycles. The summed E-state index contributed by atoms with van der Waals surface area (Å²) in [5.41, 5.74) is 6.79. The highest BCUT2D eigenvalue weighted by atomic mass is 79.9. The van der Waals surface area contributed by atoms with E-state index in [9.17, 15) is 5.11 Å². The van der Waals surface area contributed by atoms with Gasteiger partial charge in [-0.25, -0.2) is 0 Å². The highest BCUT2D eigenvalue weighted by molar-refractivity contribution is 9.10. The van der Waals surface area contributed by atoms with Gasteiger partial charge in [-0.1, -0.05) is 39.7 Å². The molecule has 0 fully saturated rings. The molecule has 1 aliphatic carbocycles. The molecular formula is C23H25BrN2O. The first-order valence-electron chi connectivity index (χ1n) is 9.91. The first-order valence-corrected chi connectivity index (χ1v) is 10.7. The van der Waals surface area contributed by atoms with E-state index in [-0.39, 0.29) is 0 Å². The Kier molecular flexibility index (Phi) is 4.38. The number of halogens is 1. The van der Waals surface area contributed by atoms with Crippen molar-refractivity contribution in [2.24, 2.45) is 0 Å². The topological polar surface area (TPSA) is 28.4 Å². The van der Waals surface area contributed by atoms with Crippen molar-refractivity contribution < 1.29 is 5.11 Å². The maximum atomic E-state index is 10.8. The van der Waals surface area contributed by atoms with E-state index in [0.717, 1.165) is 23.1 Å². The quantitative estimate of drug-likeness (QED) is 0.630. The summed E-state index contributed by atoms with van der Waals surface area (Å²) < 4.78 is 3.60. The van der Waals surface area contributed by atoms with E-state index in [1.807, 2.05) is 24.3 Å². The average molecular weight is 425 g/mol. The minimum atomic E-state index is -0.443. The number of fused-ring (bicyclic) bond motifs is 3. The minimum absolute atomic E-state index is 0.431. The fourth-order valence-electron chi connectivity index (χ4n) is 5.02. The van der Waals surface area contributed by atoms with Crippen molar-refractivity contribution in [2.45, 2.75) is 44.9 Å². The predicted molar refractivity (Wildman–Crippen MR) is 113 cm³/mol. The minimum Gasteiger partial charge on any atom is -0.387 e. The predicted octanol–water partition coefficient (Wildman–Crippen LogP) is 5.14. The number of benzene rings is 2. The zero-order valence-electron chi connectivity index (χ0n) is 15.7. The normalized spacial score (nSPS) is 20.6. The molecule has 2 aliphatic rings. The van der Waals surface area contributed by atoms with Crippen LogP contribution in [0, 0.1) is 6.92 Å². The van der Waals surface area contributed by atoms with E-state index in [0.29, 0.717) is 12.6 Å². The molecule has 0 amide bonds. The smallest absolute Gasteiger partial charge is 0.0917 e. The van der Waals surface area contributed by atoms with E-state index in [2.05, 4.69) is 50.5 Å². The molecule has 0 unspecified atom stereocenters.